The lowest BCUT2D eigenvalue weighted by atomic mass is 10.2. The molecule has 0 aliphatic carbocycles. The van der Waals surface area contributed by atoms with Crippen molar-refractivity contribution in [3.8, 4) is 0 Å². The standard InChI is InChI=1S/C14H17BrN4O/c1-9-7-11(5-6-12(9)15)19(4)14(20)16-13-10(2)8-18(3)17-13/h5-8H,1-4H3,(H,16,17,20). The molecular weight excluding hydrogens is 320 g/mol. The molecule has 2 rings (SSSR count). The zero-order valence-electron chi connectivity index (χ0n) is 11.9. The van der Waals surface area contributed by atoms with E-state index in [4.69, 9.17) is 0 Å². The number of anilines is 2. The average molecular weight is 337 g/mol. The van der Waals surface area contributed by atoms with E-state index in [1.54, 1.807) is 16.6 Å². The summed E-state index contributed by atoms with van der Waals surface area (Å²) in [5.74, 6) is 0.582. The first-order chi connectivity index (χ1) is 9.38. The van der Waals surface area contributed by atoms with Crippen LogP contribution >= 0.6 is 15.9 Å². The second-order valence-electron chi connectivity index (χ2n) is 4.76. The van der Waals surface area contributed by atoms with Crippen LogP contribution in [0.5, 0.6) is 0 Å². The molecular formula is C14H17BrN4O. The number of aryl methyl sites for hydroxylation is 3. The molecule has 0 atom stereocenters. The number of urea groups is 1. The number of nitrogens with zero attached hydrogens (tertiary/aromatic N) is 3. The van der Waals surface area contributed by atoms with E-state index in [0.29, 0.717) is 5.82 Å². The molecule has 5 nitrogen and oxygen atoms in total. The molecule has 1 aromatic heterocycles. The summed E-state index contributed by atoms with van der Waals surface area (Å²) in [6.45, 7) is 3.90. The number of amides is 2. The first-order valence-corrected chi connectivity index (χ1v) is 6.99. The summed E-state index contributed by atoms with van der Waals surface area (Å²) in [5, 5.41) is 7.02. The second-order valence-corrected chi connectivity index (χ2v) is 5.61. The van der Waals surface area contributed by atoms with E-state index in [2.05, 4.69) is 26.3 Å². The molecule has 0 fully saturated rings. The first-order valence-electron chi connectivity index (χ1n) is 6.19. The summed E-state index contributed by atoms with van der Waals surface area (Å²) in [5.41, 5.74) is 2.84. The number of halogens is 1. The van der Waals surface area contributed by atoms with Crippen LogP contribution in [0.1, 0.15) is 11.1 Å². The summed E-state index contributed by atoms with van der Waals surface area (Å²) < 4.78 is 2.70. The van der Waals surface area contributed by atoms with Crippen molar-refractivity contribution in [3.05, 3.63) is 40.0 Å². The maximum atomic E-state index is 12.2. The van der Waals surface area contributed by atoms with Gasteiger partial charge in [0.1, 0.15) is 0 Å². The van der Waals surface area contributed by atoms with E-state index in [1.165, 1.54) is 0 Å². The van der Waals surface area contributed by atoms with Gasteiger partial charge >= 0.3 is 6.03 Å². The molecule has 0 aliphatic rings. The van der Waals surface area contributed by atoms with Crippen LogP contribution in [-0.4, -0.2) is 22.9 Å². The van der Waals surface area contributed by atoms with Crippen LogP contribution in [0.15, 0.2) is 28.9 Å². The Kier molecular flexibility index (Phi) is 4.13. The molecule has 1 heterocycles. The Morgan fingerprint density at radius 3 is 2.60 bits per heavy atom. The number of nitrogens with one attached hydrogen (secondary N) is 1. The predicted octanol–water partition coefficient (Wildman–Crippen LogP) is 3.47. The summed E-state index contributed by atoms with van der Waals surface area (Å²) >= 11 is 3.45. The quantitative estimate of drug-likeness (QED) is 0.912. The summed E-state index contributed by atoms with van der Waals surface area (Å²) in [4.78, 5) is 13.8. The third-order valence-electron chi connectivity index (χ3n) is 3.07. The SMILES string of the molecule is Cc1cc(N(C)C(=O)Nc2nn(C)cc2C)ccc1Br. The molecule has 0 saturated heterocycles. The molecule has 0 aliphatic heterocycles. The van der Waals surface area contributed by atoms with Gasteiger partial charge in [0.15, 0.2) is 5.82 Å². The Labute approximate surface area is 126 Å². The van der Waals surface area contributed by atoms with E-state index in [-0.39, 0.29) is 6.03 Å². The predicted molar refractivity (Wildman–Crippen MR) is 84.2 cm³/mol. The highest BCUT2D eigenvalue weighted by atomic mass is 79.9. The van der Waals surface area contributed by atoms with Crippen molar-refractivity contribution in [2.75, 3.05) is 17.3 Å². The fourth-order valence-electron chi connectivity index (χ4n) is 1.87. The number of carbonyl (C=O) groups excluding carboxylic acids is 1. The zero-order chi connectivity index (χ0) is 14.9. The Hall–Kier alpha value is -1.82. The molecule has 1 N–H and O–H groups in total. The number of hydrogen-bond donors (Lipinski definition) is 1. The summed E-state index contributed by atoms with van der Waals surface area (Å²) in [6.07, 6.45) is 1.86. The normalized spacial score (nSPS) is 10.4. The van der Waals surface area contributed by atoms with Crippen molar-refractivity contribution in [1.82, 2.24) is 9.78 Å². The van der Waals surface area contributed by atoms with Gasteiger partial charge < -0.3 is 0 Å². The molecule has 0 radical (unpaired) electrons. The molecule has 0 spiro atoms. The van der Waals surface area contributed by atoms with Crippen LogP contribution in [0.25, 0.3) is 0 Å². The van der Waals surface area contributed by atoms with Crippen LogP contribution in [0.3, 0.4) is 0 Å². The minimum Gasteiger partial charge on any atom is -0.297 e. The highest BCUT2D eigenvalue weighted by Gasteiger charge is 2.14. The Balaban J connectivity index is 2.16. The Bertz CT molecular complexity index is 651. The fourth-order valence-corrected chi connectivity index (χ4v) is 2.12. The number of carbonyl (C=O) groups is 1. The van der Waals surface area contributed by atoms with Crippen molar-refractivity contribution in [3.63, 3.8) is 0 Å². The highest BCUT2D eigenvalue weighted by Crippen LogP contribution is 2.23. The molecule has 106 valence electrons. The lowest BCUT2D eigenvalue weighted by molar-refractivity contribution is 0.258. The maximum absolute atomic E-state index is 12.2. The highest BCUT2D eigenvalue weighted by molar-refractivity contribution is 9.10. The third kappa shape index (κ3) is 3.01. The summed E-state index contributed by atoms with van der Waals surface area (Å²) in [7, 11) is 3.56. The molecule has 0 unspecified atom stereocenters. The van der Waals surface area contributed by atoms with Gasteiger partial charge in [0.2, 0.25) is 0 Å². The minimum absolute atomic E-state index is 0.214. The molecule has 2 amide bonds. The van der Waals surface area contributed by atoms with Gasteiger partial charge in [-0.25, -0.2) is 4.79 Å². The van der Waals surface area contributed by atoms with Crippen molar-refractivity contribution in [1.29, 1.82) is 0 Å². The van der Waals surface area contributed by atoms with Crippen LogP contribution in [0.2, 0.25) is 0 Å². The van der Waals surface area contributed by atoms with E-state index in [0.717, 1.165) is 21.3 Å². The van der Waals surface area contributed by atoms with Crippen molar-refractivity contribution >= 4 is 33.5 Å². The summed E-state index contributed by atoms with van der Waals surface area (Å²) in [6, 6.07) is 5.56. The molecule has 1 aromatic carbocycles. The Morgan fingerprint density at radius 2 is 2.05 bits per heavy atom. The van der Waals surface area contributed by atoms with Gasteiger partial charge in [-0.3, -0.25) is 14.9 Å². The molecule has 20 heavy (non-hydrogen) atoms. The molecule has 0 bridgehead atoms. The Morgan fingerprint density at radius 1 is 1.35 bits per heavy atom. The van der Waals surface area contributed by atoms with Crippen LogP contribution < -0.4 is 10.2 Å². The largest absolute Gasteiger partial charge is 0.327 e. The molecule has 0 saturated carbocycles. The zero-order valence-corrected chi connectivity index (χ0v) is 13.5. The molecule has 6 heteroatoms. The fraction of sp³-hybridized carbons (Fsp3) is 0.286. The van der Waals surface area contributed by atoms with Crippen LogP contribution in [-0.2, 0) is 7.05 Å². The van der Waals surface area contributed by atoms with Gasteiger partial charge in [0, 0.05) is 36.0 Å². The average Bonchev–Trinajstić information content (AvgIpc) is 2.70. The monoisotopic (exact) mass is 336 g/mol. The van der Waals surface area contributed by atoms with E-state index in [1.807, 2.05) is 45.3 Å². The number of rotatable bonds is 2. The van der Waals surface area contributed by atoms with Crippen LogP contribution in [0, 0.1) is 13.8 Å². The molecule has 2 aromatic rings. The number of benzene rings is 1. The minimum atomic E-state index is -0.214. The van der Waals surface area contributed by atoms with Gasteiger partial charge in [0.05, 0.1) is 0 Å². The van der Waals surface area contributed by atoms with Crippen LogP contribution in [0.4, 0.5) is 16.3 Å². The number of hydrogen-bond acceptors (Lipinski definition) is 2. The van der Waals surface area contributed by atoms with Gasteiger partial charge in [-0.05, 0) is 37.6 Å². The lowest BCUT2D eigenvalue weighted by Crippen LogP contribution is -2.31. The first kappa shape index (κ1) is 14.6. The second kappa shape index (κ2) is 5.66. The van der Waals surface area contributed by atoms with Gasteiger partial charge in [-0.1, -0.05) is 15.9 Å². The van der Waals surface area contributed by atoms with Gasteiger partial charge in [0.25, 0.3) is 0 Å². The van der Waals surface area contributed by atoms with E-state index < -0.39 is 0 Å². The third-order valence-corrected chi connectivity index (χ3v) is 3.96. The topological polar surface area (TPSA) is 50.2 Å². The van der Waals surface area contributed by atoms with Crippen molar-refractivity contribution in [2.45, 2.75) is 13.8 Å². The van der Waals surface area contributed by atoms with Gasteiger partial charge in [-0.15, -0.1) is 0 Å². The lowest BCUT2D eigenvalue weighted by Gasteiger charge is -2.18. The smallest absolute Gasteiger partial charge is 0.297 e. The van der Waals surface area contributed by atoms with E-state index in [9.17, 15) is 4.79 Å². The van der Waals surface area contributed by atoms with E-state index >= 15 is 0 Å². The van der Waals surface area contributed by atoms with Crippen molar-refractivity contribution < 1.29 is 4.79 Å². The van der Waals surface area contributed by atoms with Crippen molar-refractivity contribution in [2.24, 2.45) is 7.05 Å². The number of aromatic nitrogens is 2. The van der Waals surface area contributed by atoms with Gasteiger partial charge in [-0.2, -0.15) is 5.10 Å². The maximum Gasteiger partial charge on any atom is 0.327 e.